The van der Waals surface area contributed by atoms with Gasteiger partial charge in [-0.3, -0.25) is 9.48 Å². The standard InChI is InChI=1S/C14H22N4O3/c1-8-9(11(15)19)12(17(4)16-8)18-7-5-6-14(2,3)10(18)13(20)21/h10H,5-7H2,1-4H3,(H2,15,19)(H,20,21). The first-order valence-corrected chi connectivity index (χ1v) is 6.99. The number of piperidine rings is 1. The number of aromatic nitrogens is 2. The highest BCUT2D eigenvalue weighted by molar-refractivity contribution is 5.99. The van der Waals surface area contributed by atoms with Gasteiger partial charge in [0, 0.05) is 13.6 Å². The predicted octanol–water partition coefficient (Wildman–Crippen LogP) is 0.907. The molecule has 21 heavy (non-hydrogen) atoms. The summed E-state index contributed by atoms with van der Waals surface area (Å²) in [6.45, 7) is 6.14. The maximum atomic E-state index is 11.8. The summed E-state index contributed by atoms with van der Waals surface area (Å²) in [5.41, 5.74) is 5.89. The molecule has 1 amide bonds. The molecule has 2 rings (SSSR count). The molecule has 7 nitrogen and oxygen atoms in total. The number of aryl methyl sites for hydroxylation is 2. The lowest BCUT2D eigenvalue weighted by atomic mass is 9.76. The number of hydrogen-bond acceptors (Lipinski definition) is 4. The number of nitrogens with two attached hydrogens (primary N) is 1. The second-order valence-electron chi connectivity index (χ2n) is 6.30. The number of primary amides is 1. The Bertz CT molecular complexity index is 591. The third kappa shape index (κ3) is 2.48. The van der Waals surface area contributed by atoms with Crippen molar-refractivity contribution in [1.29, 1.82) is 0 Å². The van der Waals surface area contributed by atoms with E-state index in [0.717, 1.165) is 12.8 Å². The van der Waals surface area contributed by atoms with Gasteiger partial charge in [0.1, 0.15) is 17.4 Å². The van der Waals surface area contributed by atoms with E-state index in [1.807, 2.05) is 13.8 Å². The van der Waals surface area contributed by atoms with Crippen molar-refractivity contribution < 1.29 is 14.7 Å². The molecule has 0 saturated carbocycles. The molecule has 0 aromatic carbocycles. The molecule has 0 bridgehead atoms. The number of rotatable bonds is 3. The van der Waals surface area contributed by atoms with Gasteiger partial charge in [-0.25, -0.2) is 4.79 Å². The maximum absolute atomic E-state index is 11.8. The number of nitrogens with zero attached hydrogens (tertiary/aromatic N) is 3. The van der Waals surface area contributed by atoms with Gasteiger partial charge in [-0.15, -0.1) is 0 Å². The minimum absolute atomic E-state index is 0.307. The van der Waals surface area contributed by atoms with Crippen LogP contribution in [0.2, 0.25) is 0 Å². The van der Waals surface area contributed by atoms with E-state index in [1.165, 1.54) is 0 Å². The lowest BCUT2D eigenvalue weighted by Gasteiger charge is -2.45. The van der Waals surface area contributed by atoms with Gasteiger partial charge in [0.25, 0.3) is 5.91 Å². The fraction of sp³-hybridized carbons (Fsp3) is 0.643. The zero-order valence-electron chi connectivity index (χ0n) is 12.9. The van der Waals surface area contributed by atoms with Crippen LogP contribution in [0.15, 0.2) is 0 Å². The molecule has 3 N–H and O–H groups in total. The second-order valence-corrected chi connectivity index (χ2v) is 6.30. The normalized spacial score (nSPS) is 21.3. The van der Waals surface area contributed by atoms with Gasteiger partial charge in [0.15, 0.2) is 0 Å². The third-order valence-corrected chi connectivity index (χ3v) is 4.22. The van der Waals surface area contributed by atoms with Crippen LogP contribution in [-0.4, -0.2) is 39.4 Å². The average Bonchev–Trinajstić information content (AvgIpc) is 2.61. The van der Waals surface area contributed by atoms with E-state index in [4.69, 9.17) is 5.73 Å². The molecule has 0 aliphatic carbocycles. The highest BCUT2D eigenvalue weighted by Crippen LogP contribution is 2.39. The number of hydrogen-bond donors (Lipinski definition) is 2. The summed E-state index contributed by atoms with van der Waals surface area (Å²) in [5.74, 6) is -0.975. The average molecular weight is 294 g/mol. The van der Waals surface area contributed by atoms with Crippen molar-refractivity contribution in [1.82, 2.24) is 9.78 Å². The van der Waals surface area contributed by atoms with Crippen LogP contribution >= 0.6 is 0 Å². The van der Waals surface area contributed by atoms with Crippen LogP contribution in [0.5, 0.6) is 0 Å². The van der Waals surface area contributed by atoms with E-state index in [-0.39, 0.29) is 0 Å². The van der Waals surface area contributed by atoms with Crippen LogP contribution in [-0.2, 0) is 11.8 Å². The van der Waals surface area contributed by atoms with E-state index in [0.29, 0.717) is 23.6 Å². The van der Waals surface area contributed by atoms with Crippen LogP contribution in [0.25, 0.3) is 0 Å². The summed E-state index contributed by atoms with van der Waals surface area (Å²) in [6.07, 6.45) is 1.68. The molecule has 1 aromatic heterocycles. The number of amides is 1. The maximum Gasteiger partial charge on any atom is 0.326 e. The van der Waals surface area contributed by atoms with Crippen molar-refractivity contribution in [2.24, 2.45) is 18.2 Å². The van der Waals surface area contributed by atoms with Gasteiger partial charge in [-0.2, -0.15) is 5.10 Å². The molecule has 1 saturated heterocycles. The Morgan fingerprint density at radius 1 is 1.43 bits per heavy atom. The number of carbonyl (C=O) groups is 2. The summed E-state index contributed by atoms with van der Waals surface area (Å²) < 4.78 is 1.55. The largest absolute Gasteiger partial charge is 0.480 e. The van der Waals surface area contributed by atoms with Gasteiger partial charge in [-0.1, -0.05) is 13.8 Å². The molecule has 7 heteroatoms. The van der Waals surface area contributed by atoms with E-state index >= 15 is 0 Å². The number of aliphatic carboxylic acids is 1. The zero-order valence-corrected chi connectivity index (χ0v) is 12.9. The second kappa shape index (κ2) is 5.05. The Balaban J connectivity index is 2.59. The molecule has 1 atom stereocenters. The fourth-order valence-corrected chi connectivity index (χ4v) is 3.35. The Morgan fingerprint density at radius 3 is 2.57 bits per heavy atom. The molecular formula is C14H22N4O3. The molecule has 0 radical (unpaired) electrons. The summed E-state index contributed by atoms with van der Waals surface area (Å²) in [7, 11) is 1.70. The van der Waals surface area contributed by atoms with Crippen molar-refractivity contribution >= 4 is 17.7 Å². The van der Waals surface area contributed by atoms with E-state index in [1.54, 1.807) is 23.6 Å². The molecule has 1 aromatic rings. The zero-order chi connectivity index (χ0) is 15.9. The lowest BCUT2D eigenvalue weighted by molar-refractivity contribution is -0.142. The quantitative estimate of drug-likeness (QED) is 0.862. The van der Waals surface area contributed by atoms with E-state index in [9.17, 15) is 14.7 Å². The topological polar surface area (TPSA) is 101 Å². The van der Waals surface area contributed by atoms with Crippen LogP contribution in [0.1, 0.15) is 42.7 Å². The summed E-state index contributed by atoms with van der Waals surface area (Å²) in [4.78, 5) is 25.3. The first-order chi connectivity index (χ1) is 9.66. The summed E-state index contributed by atoms with van der Waals surface area (Å²) in [6, 6.07) is -0.709. The van der Waals surface area contributed by atoms with Gasteiger partial charge >= 0.3 is 5.97 Å². The first kappa shape index (κ1) is 15.3. The molecule has 1 aliphatic heterocycles. The minimum atomic E-state index is -0.894. The highest BCUT2D eigenvalue weighted by atomic mass is 16.4. The Labute approximate surface area is 123 Å². The molecule has 116 valence electrons. The number of carbonyl (C=O) groups excluding carboxylic acids is 1. The molecule has 1 unspecified atom stereocenters. The van der Waals surface area contributed by atoms with E-state index < -0.39 is 23.3 Å². The number of anilines is 1. The SMILES string of the molecule is Cc1nn(C)c(N2CCCC(C)(C)C2C(=O)O)c1C(N)=O. The highest BCUT2D eigenvalue weighted by Gasteiger charge is 2.44. The van der Waals surface area contributed by atoms with Crippen LogP contribution in [0, 0.1) is 12.3 Å². The van der Waals surface area contributed by atoms with Crippen molar-refractivity contribution in [2.75, 3.05) is 11.4 Å². The minimum Gasteiger partial charge on any atom is -0.480 e. The smallest absolute Gasteiger partial charge is 0.326 e. The van der Waals surface area contributed by atoms with Gasteiger partial charge < -0.3 is 15.7 Å². The van der Waals surface area contributed by atoms with Crippen molar-refractivity contribution in [3.63, 3.8) is 0 Å². The van der Waals surface area contributed by atoms with Crippen LogP contribution in [0.4, 0.5) is 5.82 Å². The summed E-state index contributed by atoms with van der Waals surface area (Å²) in [5, 5.41) is 13.9. The summed E-state index contributed by atoms with van der Waals surface area (Å²) >= 11 is 0. The molecular weight excluding hydrogens is 272 g/mol. The molecule has 0 spiro atoms. The molecule has 2 heterocycles. The van der Waals surface area contributed by atoms with Gasteiger partial charge in [0.05, 0.1) is 5.69 Å². The van der Waals surface area contributed by atoms with Crippen molar-refractivity contribution in [3.05, 3.63) is 11.3 Å². The Morgan fingerprint density at radius 2 is 2.05 bits per heavy atom. The monoisotopic (exact) mass is 294 g/mol. The predicted molar refractivity (Wildman–Crippen MR) is 78.2 cm³/mol. The lowest BCUT2D eigenvalue weighted by Crippen LogP contribution is -2.55. The third-order valence-electron chi connectivity index (χ3n) is 4.22. The van der Waals surface area contributed by atoms with Crippen molar-refractivity contribution in [2.45, 2.75) is 39.7 Å². The number of carboxylic acid groups (broad SMARTS) is 1. The molecule has 1 aliphatic rings. The van der Waals surface area contributed by atoms with Crippen LogP contribution in [0.3, 0.4) is 0 Å². The Hall–Kier alpha value is -2.05. The van der Waals surface area contributed by atoms with E-state index in [2.05, 4.69) is 5.10 Å². The van der Waals surface area contributed by atoms with Gasteiger partial charge in [-0.05, 0) is 25.2 Å². The Kier molecular flexibility index (Phi) is 3.69. The van der Waals surface area contributed by atoms with Crippen molar-refractivity contribution in [3.8, 4) is 0 Å². The fourth-order valence-electron chi connectivity index (χ4n) is 3.35. The number of carboxylic acids is 1. The molecule has 1 fully saturated rings. The first-order valence-electron chi connectivity index (χ1n) is 6.99. The van der Waals surface area contributed by atoms with Crippen LogP contribution < -0.4 is 10.6 Å². The van der Waals surface area contributed by atoms with Gasteiger partial charge in [0.2, 0.25) is 0 Å².